The molecule has 2 aromatic carbocycles. The Balaban J connectivity index is 2.60. The Morgan fingerprint density at radius 3 is 1.75 bits per heavy atom. The highest BCUT2D eigenvalue weighted by Gasteiger charge is 2.11. The Hall–Kier alpha value is -1.88. The standard InChI is InChI=1S/C16H8Br2N2/c1-20-16(12-4-8-14(18)9-5-12)15(10-19)11-2-6-13(17)7-3-11/h2-9H/b16-15-. The molecule has 0 N–H and O–H groups in total. The van der Waals surface area contributed by atoms with Crippen LogP contribution in [0.4, 0.5) is 0 Å². The number of allylic oxidation sites excluding steroid dienone is 1. The van der Waals surface area contributed by atoms with E-state index >= 15 is 0 Å². The second kappa shape index (κ2) is 6.52. The van der Waals surface area contributed by atoms with E-state index in [9.17, 15) is 5.26 Å². The number of halogens is 2. The van der Waals surface area contributed by atoms with Crippen molar-refractivity contribution in [2.75, 3.05) is 0 Å². The Morgan fingerprint density at radius 2 is 1.35 bits per heavy atom. The lowest BCUT2D eigenvalue weighted by Crippen LogP contribution is -1.88. The summed E-state index contributed by atoms with van der Waals surface area (Å²) < 4.78 is 1.87. The molecular weight excluding hydrogens is 380 g/mol. The van der Waals surface area contributed by atoms with Gasteiger partial charge in [-0.25, -0.2) is 4.85 Å². The van der Waals surface area contributed by atoms with E-state index in [1.165, 1.54) is 0 Å². The van der Waals surface area contributed by atoms with Gasteiger partial charge >= 0.3 is 0 Å². The van der Waals surface area contributed by atoms with E-state index in [-0.39, 0.29) is 0 Å². The molecule has 0 spiro atoms. The minimum Gasteiger partial charge on any atom is -0.236 e. The molecule has 2 aromatic rings. The highest BCUT2D eigenvalue weighted by Crippen LogP contribution is 2.28. The molecule has 0 saturated heterocycles. The first-order chi connectivity index (χ1) is 9.65. The summed E-state index contributed by atoms with van der Waals surface area (Å²) in [6.07, 6.45) is 0. The molecule has 0 aliphatic heterocycles. The van der Waals surface area contributed by atoms with E-state index in [2.05, 4.69) is 42.8 Å². The van der Waals surface area contributed by atoms with Gasteiger partial charge in [0.25, 0.3) is 0 Å². The van der Waals surface area contributed by atoms with Crippen LogP contribution in [0.1, 0.15) is 11.1 Å². The molecule has 0 bridgehead atoms. The molecule has 0 aliphatic carbocycles. The summed E-state index contributed by atoms with van der Waals surface area (Å²) in [5, 5.41) is 9.39. The van der Waals surface area contributed by atoms with E-state index in [1.54, 1.807) is 0 Å². The molecule has 2 rings (SSSR count). The third-order valence-electron chi connectivity index (χ3n) is 2.71. The number of benzene rings is 2. The monoisotopic (exact) mass is 386 g/mol. The van der Waals surface area contributed by atoms with Crippen molar-refractivity contribution in [2.24, 2.45) is 0 Å². The number of hydrogen-bond acceptors (Lipinski definition) is 1. The van der Waals surface area contributed by atoms with E-state index in [1.807, 2.05) is 48.5 Å². The molecule has 20 heavy (non-hydrogen) atoms. The maximum Gasteiger partial charge on any atom is 0.212 e. The molecule has 0 aliphatic rings. The lowest BCUT2D eigenvalue weighted by atomic mass is 10.0. The van der Waals surface area contributed by atoms with Crippen molar-refractivity contribution in [3.63, 3.8) is 0 Å². The van der Waals surface area contributed by atoms with Crippen molar-refractivity contribution < 1.29 is 0 Å². The first-order valence-electron chi connectivity index (χ1n) is 5.69. The van der Waals surface area contributed by atoms with Crippen molar-refractivity contribution in [1.29, 1.82) is 5.26 Å². The Bertz CT molecular complexity index is 665. The summed E-state index contributed by atoms with van der Waals surface area (Å²) in [6, 6.07) is 16.9. The van der Waals surface area contributed by atoms with Gasteiger partial charge in [0, 0.05) is 8.95 Å². The summed E-state index contributed by atoms with van der Waals surface area (Å²) >= 11 is 6.72. The van der Waals surface area contributed by atoms with Crippen LogP contribution >= 0.6 is 31.9 Å². The molecule has 0 fully saturated rings. The lowest BCUT2D eigenvalue weighted by Gasteiger charge is -2.05. The fraction of sp³-hybridized carbons (Fsp3) is 0. The molecule has 0 heterocycles. The van der Waals surface area contributed by atoms with Gasteiger partial charge < -0.3 is 0 Å². The van der Waals surface area contributed by atoms with E-state index < -0.39 is 0 Å². The number of nitrogens with zero attached hydrogens (tertiary/aromatic N) is 2. The number of nitriles is 1. The van der Waals surface area contributed by atoms with E-state index in [0.29, 0.717) is 11.3 Å². The van der Waals surface area contributed by atoms with E-state index in [0.717, 1.165) is 20.1 Å². The smallest absolute Gasteiger partial charge is 0.212 e. The molecule has 2 nitrogen and oxygen atoms in total. The Morgan fingerprint density at radius 1 is 0.900 bits per heavy atom. The van der Waals surface area contributed by atoms with Gasteiger partial charge in [0.2, 0.25) is 5.70 Å². The fourth-order valence-electron chi connectivity index (χ4n) is 1.74. The molecule has 0 unspecified atom stereocenters. The van der Waals surface area contributed by atoms with Crippen LogP contribution in [0.5, 0.6) is 0 Å². The Labute approximate surface area is 134 Å². The van der Waals surface area contributed by atoms with Crippen LogP contribution in [0.2, 0.25) is 0 Å². The summed E-state index contributed by atoms with van der Waals surface area (Å²) in [4.78, 5) is 3.54. The molecule has 4 heteroatoms. The predicted octanol–water partition coefficient (Wildman–Crippen LogP) is 5.52. The third-order valence-corrected chi connectivity index (χ3v) is 3.77. The average molecular weight is 388 g/mol. The first kappa shape index (κ1) is 14.5. The predicted molar refractivity (Wildman–Crippen MR) is 87.3 cm³/mol. The summed E-state index contributed by atoms with van der Waals surface area (Å²) in [5.41, 5.74) is 2.23. The molecule has 0 saturated carbocycles. The minimum absolute atomic E-state index is 0.363. The quantitative estimate of drug-likeness (QED) is 0.378. The first-order valence-corrected chi connectivity index (χ1v) is 7.28. The maximum atomic E-state index is 9.39. The van der Waals surface area contributed by atoms with Gasteiger partial charge in [0.15, 0.2) is 0 Å². The van der Waals surface area contributed by atoms with Gasteiger partial charge in [0.05, 0.1) is 18.2 Å². The van der Waals surface area contributed by atoms with Crippen molar-refractivity contribution in [2.45, 2.75) is 0 Å². The second-order valence-electron chi connectivity index (χ2n) is 3.96. The van der Waals surface area contributed by atoms with Crippen molar-refractivity contribution in [1.82, 2.24) is 0 Å². The average Bonchev–Trinajstić information content (AvgIpc) is 2.47. The lowest BCUT2D eigenvalue weighted by molar-refractivity contribution is 1.51. The maximum absolute atomic E-state index is 9.39. The van der Waals surface area contributed by atoms with Gasteiger partial charge in [-0.2, -0.15) is 5.26 Å². The van der Waals surface area contributed by atoms with E-state index in [4.69, 9.17) is 6.57 Å². The molecule has 0 aromatic heterocycles. The zero-order chi connectivity index (χ0) is 14.5. The summed E-state index contributed by atoms with van der Waals surface area (Å²) in [6.45, 7) is 7.37. The van der Waals surface area contributed by atoms with Gasteiger partial charge in [-0.3, -0.25) is 0 Å². The molecule has 96 valence electrons. The zero-order valence-corrected chi connectivity index (χ0v) is 13.4. The fourth-order valence-corrected chi connectivity index (χ4v) is 2.27. The van der Waals surface area contributed by atoms with Crippen LogP contribution in [-0.4, -0.2) is 0 Å². The molecule has 0 atom stereocenters. The van der Waals surface area contributed by atoms with Crippen LogP contribution in [0.25, 0.3) is 16.1 Å². The molecule has 0 radical (unpaired) electrons. The zero-order valence-electron chi connectivity index (χ0n) is 10.3. The van der Waals surface area contributed by atoms with Crippen LogP contribution in [-0.2, 0) is 0 Å². The second-order valence-corrected chi connectivity index (χ2v) is 5.79. The largest absolute Gasteiger partial charge is 0.236 e. The van der Waals surface area contributed by atoms with Gasteiger partial charge in [0.1, 0.15) is 0 Å². The normalized spacial score (nSPS) is 11.2. The van der Waals surface area contributed by atoms with Crippen LogP contribution in [0, 0.1) is 17.9 Å². The SMILES string of the molecule is [C-]#[N+]/C(=C(/C#N)c1ccc(Br)cc1)c1ccc(Br)cc1. The Kier molecular flexibility index (Phi) is 4.74. The van der Waals surface area contributed by atoms with Crippen molar-refractivity contribution in [3.8, 4) is 6.07 Å². The summed E-state index contributed by atoms with van der Waals surface area (Å²) in [7, 11) is 0. The van der Waals surface area contributed by atoms with Gasteiger partial charge in [-0.15, -0.1) is 0 Å². The number of hydrogen-bond donors (Lipinski definition) is 0. The highest BCUT2D eigenvalue weighted by molar-refractivity contribution is 9.10. The summed E-state index contributed by atoms with van der Waals surface area (Å²) in [5.74, 6) is 0. The molecule has 0 amide bonds. The number of rotatable bonds is 2. The highest BCUT2D eigenvalue weighted by atomic mass is 79.9. The topological polar surface area (TPSA) is 28.1 Å². The molecular formula is C16H8Br2N2. The minimum atomic E-state index is 0.363. The van der Waals surface area contributed by atoms with Crippen molar-refractivity contribution in [3.05, 3.63) is 80.0 Å². The van der Waals surface area contributed by atoms with Gasteiger partial charge in [-0.1, -0.05) is 56.1 Å². The van der Waals surface area contributed by atoms with Crippen LogP contribution < -0.4 is 0 Å². The third kappa shape index (κ3) is 3.17. The van der Waals surface area contributed by atoms with Crippen LogP contribution in [0.3, 0.4) is 0 Å². The van der Waals surface area contributed by atoms with Crippen LogP contribution in [0.15, 0.2) is 57.5 Å². The van der Waals surface area contributed by atoms with Crippen molar-refractivity contribution >= 4 is 43.1 Å². The van der Waals surface area contributed by atoms with Gasteiger partial charge in [-0.05, 0) is 35.4 Å².